The number of nitrogens with two attached hydrogens (primary N) is 1. The minimum atomic E-state index is -0.823. The van der Waals surface area contributed by atoms with Crippen molar-refractivity contribution in [1.29, 1.82) is 0 Å². The second kappa shape index (κ2) is 5.54. The molecule has 0 aliphatic rings. The smallest absolute Gasteiger partial charge is 0.241 e. The molecule has 0 heterocycles. The SMILES string of the molecule is C=CCC(N)C(=O)Nc1cc(F)c(C)cc1F. The van der Waals surface area contributed by atoms with E-state index in [9.17, 15) is 13.6 Å². The van der Waals surface area contributed by atoms with Crippen LogP contribution in [0.4, 0.5) is 14.5 Å². The number of carbonyl (C=O) groups excluding carboxylic acids is 1. The van der Waals surface area contributed by atoms with Gasteiger partial charge >= 0.3 is 0 Å². The summed E-state index contributed by atoms with van der Waals surface area (Å²) in [7, 11) is 0. The molecule has 0 radical (unpaired) electrons. The van der Waals surface area contributed by atoms with Crippen LogP contribution in [0.1, 0.15) is 12.0 Å². The molecule has 0 aromatic heterocycles. The van der Waals surface area contributed by atoms with Gasteiger partial charge < -0.3 is 11.1 Å². The van der Waals surface area contributed by atoms with E-state index in [-0.39, 0.29) is 17.7 Å². The van der Waals surface area contributed by atoms with Crippen LogP contribution in [0.3, 0.4) is 0 Å². The lowest BCUT2D eigenvalue weighted by Gasteiger charge is -2.11. The first kappa shape index (κ1) is 13.3. The molecule has 0 fully saturated rings. The largest absolute Gasteiger partial charge is 0.322 e. The summed E-state index contributed by atoms with van der Waals surface area (Å²) in [6.07, 6.45) is 1.75. The molecule has 0 bridgehead atoms. The molecule has 1 aromatic rings. The minimum Gasteiger partial charge on any atom is -0.322 e. The quantitative estimate of drug-likeness (QED) is 0.792. The van der Waals surface area contributed by atoms with Crippen LogP contribution in [0.5, 0.6) is 0 Å². The molecule has 0 aliphatic carbocycles. The molecule has 5 heteroatoms. The topological polar surface area (TPSA) is 55.1 Å². The molecular weight excluding hydrogens is 226 g/mol. The Hall–Kier alpha value is -1.75. The monoisotopic (exact) mass is 240 g/mol. The number of carbonyl (C=O) groups is 1. The van der Waals surface area contributed by atoms with E-state index in [1.807, 2.05) is 0 Å². The maximum absolute atomic E-state index is 13.4. The third kappa shape index (κ3) is 3.35. The number of benzene rings is 1. The van der Waals surface area contributed by atoms with E-state index in [0.717, 1.165) is 12.1 Å². The van der Waals surface area contributed by atoms with Gasteiger partial charge in [0.1, 0.15) is 11.6 Å². The predicted octanol–water partition coefficient (Wildman–Crippen LogP) is 2.12. The Morgan fingerprint density at radius 2 is 2.18 bits per heavy atom. The maximum Gasteiger partial charge on any atom is 0.241 e. The van der Waals surface area contributed by atoms with Crippen molar-refractivity contribution < 1.29 is 13.6 Å². The fourth-order valence-corrected chi connectivity index (χ4v) is 1.25. The van der Waals surface area contributed by atoms with Gasteiger partial charge in [0, 0.05) is 6.07 Å². The van der Waals surface area contributed by atoms with Gasteiger partial charge in [-0.25, -0.2) is 8.78 Å². The zero-order valence-corrected chi connectivity index (χ0v) is 9.47. The van der Waals surface area contributed by atoms with Gasteiger partial charge in [0.25, 0.3) is 0 Å². The second-order valence-corrected chi connectivity index (χ2v) is 3.70. The van der Waals surface area contributed by atoms with Gasteiger partial charge in [-0.3, -0.25) is 4.79 Å². The molecule has 92 valence electrons. The van der Waals surface area contributed by atoms with Gasteiger partial charge in [-0.2, -0.15) is 0 Å². The lowest BCUT2D eigenvalue weighted by Crippen LogP contribution is -2.35. The Labute approximate surface area is 98.3 Å². The number of hydrogen-bond acceptors (Lipinski definition) is 2. The zero-order chi connectivity index (χ0) is 13.0. The maximum atomic E-state index is 13.4. The van der Waals surface area contributed by atoms with Gasteiger partial charge in [-0.05, 0) is 25.0 Å². The van der Waals surface area contributed by atoms with Gasteiger partial charge in [-0.15, -0.1) is 6.58 Å². The third-order valence-electron chi connectivity index (χ3n) is 2.26. The Morgan fingerprint density at radius 1 is 1.53 bits per heavy atom. The summed E-state index contributed by atoms with van der Waals surface area (Å²) in [6, 6.07) is 1.13. The van der Waals surface area contributed by atoms with Crippen LogP contribution in [0.2, 0.25) is 0 Å². The highest BCUT2D eigenvalue weighted by Gasteiger charge is 2.15. The molecule has 17 heavy (non-hydrogen) atoms. The molecule has 0 spiro atoms. The summed E-state index contributed by atoms with van der Waals surface area (Å²) in [4.78, 5) is 11.5. The molecule has 1 unspecified atom stereocenters. The van der Waals surface area contributed by atoms with Crippen molar-refractivity contribution >= 4 is 11.6 Å². The number of hydrogen-bond donors (Lipinski definition) is 2. The summed E-state index contributed by atoms with van der Waals surface area (Å²) >= 11 is 0. The molecule has 0 saturated heterocycles. The highest BCUT2D eigenvalue weighted by Crippen LogP contribution is 2.18. The van der Waals surface area contributed by atoms with Crippen LogP contribution in [0.15, 0.2) is 24.8 Å². The van der Waals surface area contributed by atoms with E-state index in [4.69, 9.17) is 5.73 Å². The van der Waals surface area contributed by atoms with Crippen molar-refractivity contribution in [1.82, 2.24) is 0 Å². The van der Waals surface area contributed by atoms with Crippen molar-refractivity contribution in [2.24, 2.45) is 5.73 Å². The first-order valence-electron chi connectivity index (χ1n) is 5.08. The summed E-state index contributed by atoms with van der Waals surface area (Å²) in [5, 5.41) is 2.24. The van der Waals surface area contributed by atoms with Gasteiger partial charge in [0.2, 0.25) is 5.91 Å². The van der Waals surface area contributed by atoms with Gasteiger partial charge in [0.15, 0.2) is 0 Å². The van der Waals surface area contributed by atoms with Crippen molar-refractivity contribution in [3.63, 3.8) is 0 Å². The van der Waals surface area contributed by atoms with Gasteiger partial charge in [0.05, 0.1) is 11.7 Å². The number of nitrogens with one attached hydrogen (secondary N) is 1. The summed E-state index contributed by atoms with van der Waals surface area (Å²) in [5.41, 5.74) is 5.46. The molecule has 1 atom stereocenters. The van der Waals surface area contributed by atoms with Crippen LogP contribution in [-0.2, 0) is 4.79 Å². The van der Waals surface area contributed by atoms with Crippen molar-refractivity contribution in [3.05, 3.63) is 42.0 Å². The average Bonchev–Trinajstić information content (AvgIpc) is 2.26. The minimum absolute atomic E-state index is 0.177. The Morgan fingerprint density at radius 3 is 2.76 bits per heavy atom. The van der Waals surface area contributed by atoms with Crippen LogP contribution in [-0.4, -0.2) is 11.9 Å². The van der Waals surface area contributed by atoms with Crippen LogP contribution in [0, 0.1) is 18.6 Å². The molecule has 0 saturated carbocycles. The summed E-state index contributed by atoms with van der Waals surface area (Å²) < 4.78 is 26.6. The van der Waals surface area contributed by atoms with Crippen molar-refractivity contribution in [2.75, 3.05) is 5.32 Å². The number of amides is 1. The zero-order valence-electron chi connectivity index (χ0n) is 9.47. The molecule has 0 aliphatic heterocycles. The van der Waals surface area contributed by atoms with E-state index < -0.39 is 23.6 Å². The van der Waals surface area contributed by atoms with Crippen LogP contribution < -0.4 is 11.1 Å². The lowest BCUT2D eigenvalue weighted by molar-refractivity contribution is -0.117. The Bertz CT molecular complexity index is 446. The number of halogens is 2. The predicted molar refractivity (Wildman–Crippen MR) is 62.5 cm³/mol. The molecule has 1 rings (SSSR count). The van der Waals surface area contributed by atoms with E-state index in [2.05, 4.69) is 11.9 Å². The Kier molecular flexibility index (Phi) is 4.34. The molecule has 3 nitrogen and oxygen atoms in total. The average molecular weight is 240 g/mol. The van der Waals surface area contributed by atoms with E-state index in [0.29, 0.717) is 0 Å². The summed E-state index contributed by atoms with van der Waals surface area (Å²) in [5.74, 6) is -1.85. The lowest BCUT2D eigenvalue weighted by atomic mass is 10.1. The van der Waals surface area contributed by atoms with Crippen molar-refractivity contribution in [3.8, 4) is 0 Å². The van der Waals surface area contributed by atoms with Crippen LogP contribution >= 0.6 is 0 Å². The summed E-state index contributed by atoms with van der Waals surface area (Å²) in [6.45, 7) is 4.88. The van der Waals surface area contributed by atoms with E-state index in [1.165, 1.54) is 13.0 Å². The second-order valence-electron chi connectivity index (χ2n) is 3.70. The van der Waals surface area contributed by atoms with E-state index >= 15 is 0 Å². The first-order chi connectivity index (χ1) is 7.95. The van der Waals surface area contributed by atoms with Crippen LogP contribution in [0.25, 0.3) is 0 Å². The standard InChI is InChI=1S/C12H14F2N2O/c1-3-4-10(15)12(17)16-11-6-8(13)7(2)5-9(11)14/h3,5-6,10H,1,4,15H2,2H3,(H,16,17). The molecular formula is C12H14F2N2O. The molecule has 1 aromatic carbocycles. The molecule has 1 amide bonds. The van der Waals surface area contributed by atoms with Crippen molar-refractivity contribution in [2.45, 2.75) is 19.4 Å². The third-order valence-corrected chi connectivity index (χ3v) is 2.26. The highest BCUT2D eigenvalue weighted by molar-refractivity contribution is 5.94. The molecule has 3 N–H and O–H groups in total. The number of rotatable bonds is 4. The normalized spacial score (nSPS) is 12.0. The first-order valence-corrected chi connectivity index (χ1v) is 5.08. The number of anilines is 1. The van der Waals surface area contributed by atoms with E-state index in [1.54, 1.807) is 0 Å². The van der Waals surface area contributed by atoms with Gasteiger partial charge in [-0.1, -0.05) is 6.08 Å². The number of aryl methyl sites for hydroxylation is 1. The highest BCUT2D eigenvalue weighted by atomic mass is 19.1. The fourth-order valence-electron chi connectivity index (χ4n) is 1.25. The fraction of sp³-hybridized carbons (Fsp3) is 0.250. The Balaban J connectivity index is 2.85.